The Morgan fingerprint density at radius 3 is 2.88 bits per heavy atom. The second kappa shape index (κ2) is 6.71. The molecule has 0 fully saturated rings. The van der Waals surface area contributed by atoms with Gasteiger partial charge in [-0.2, -0.15) is 0 Å². The van der Waals surface area contributed by atoms with Crippen molar-refractivity contribution in [2.45, 2.75) is 32.9 Å². The van der Waals surface area contributed by atoms with E-state index < -0.39 is 16.1 Å². The van der Waals surface area contributed by atoms with Crippen molar-refractivity contribution in [3.05, 3.63) is 35.4 Å². The van der Waals surface area contributed by atoms with Gasteiger partial charge in [0.1, 0.15) is 5.82 Å². The third kappa shape index (κ3) is 4.27. The topological polar surface area (TPSA) is 118 Å². The highest BCUT2D eigenvalue weighted by molar-refractivity contribution is 7.92. The lowest BCUT2D eigenvalue weighted by Crippen LogP contribution is -2.29. The molecule has 0 spiro atoms. The molecule has 3 N–H and O–H groups in total. The molecule has 2 aromatic rings. The van der Waals surface area contributed by atoms with Gasteiger partial charge in [-0.1, -0.05) is 6.07 Å². The van der Waals surface area contributed by atoms with Crippen molar-refractivity contribution >= 4 is 27.4 Å². The van der Waals surface area contributed by atoms with E-state index in [2.05, 4.69) is 25.6 Å². The van der Waals surface area contributed by atoms with Gasteiger partial charge in [0.2, 0.25) is 10.0 Å². The number of nitrogens with one attached hydrogen (secondary N) is 3. The molecular weight excluding hydrogens is 344 g/mol. The molecule has 1 aliphatic rings. The Morgan fingerprint density at radius 1 is 1.32 bits per heavy atom. The number of aryl methyl sites for hydroxylation is 2. The highest BCUT2D eigenvalue weighted by Crippen LogP contribution is 2.21. The minimum absolute atomic E-state index is 0.277. The number of urea groups is 1. The van der Waals surface area contributed by atoms with Gasteiger partial charge in [-0.25, -0.2) is 13.2 Å². The Kier molecular flexibility index (Phi) is 4.62. The third-order valence-corrected chi connectivity index (χ3v) is 4.49. The zero-order chi connectivity index (χ0) is 18.0. The molecule has 1 aliphatic heterocycles. The quantitative estimate of drug-likeness (QED) is 0.737. The van der Waals surface area contributed by atoms with Crippen LogP contribution < -0.4 is 15.4 Å². The number of sulfonamides is 1. The molecule has 10 heteroatoms. The van der Waals surface area contributed by atoms with Gasteiger partial charge in [-0.05, 0) is 31.0 Å². The lowest BCUT2D eigenvalue weighted by Gasteiger charge is -2.12. The van der Waals surface area contributed by atoms with Crippen LogP contribution in [0.25, 0.3) is 0 Å². The molecule has 0 aliphatic carbocycles. The van der Waals surface area contributed by atoms with E-state index >= 15 is 0 Å². The van der Waals surface area contributed by atoms with Gasteiger partial charge in [0.25, 0.3) is 0 Å². The summed E-state index contributed by atoms with van der Waals surface area (Å²) >= 11 is 0. The zero-order valence-corrected chi connectivity index (χ0v) is 14.9. The predicted molar refractivity (Wildman–Crippen MR) is 93.8 cm³/mol. The molecular formula is C15H20N6O3S. The molecule has 0 bridgehead atoms. The number of amides is 2. The largest absolute Gasteiger partial charge is 0.331 e. The summed E-state index contributed by atoms with van der Waals surface area (Å²) in [6.45, 7) is 2.98. The predicted octanol–water partition coefficient (Wildman–Crippen LogP) is 1.23. The molecule has 3 rings (SSSR count). The first kappa shape index (κ1) is 17.2. The lowest BCUT2D eigenvalue weighted by molar-refractivity contribution is 0.251. The van der Waals surface area contributed by atoms with Crippen LogP contribution in [0.4, 0.5) is 16.2 Å². The third-order valence-electron chi connectivity index (χ3n) is 3.88. The van der Waals surface area contributed by atoms with Gasteiger partial charge in [0.05, 0.1) is 18.5 Å². The number of carbonyl (C=O) groups is 1. The monoisotopic (exact) mass is 364 g/mol. The summed E-state index contributed by atoms with van der Waals surface area (Å²) in [5.74, 6) is 1.68. The Hall–Kier alpha value is -2.62. The Bertz CT molecular complexity index is 906. The molecule has 2 heterocycles. The van der Waals surface area contributed by atoms with Crippen molar-refractivity contribution in [1.29, 1.82) is 0 Å². The Labute approximate surface area is 145 Å². The van der Waals surface area contributed by atoms with Crippen LogP contribution in [0.5, 0.6) is 0 Å². The Morgan fingerprint density at radius 2 is 2.12 bits per heavy atom. The summed E-state index contributed by atoms with van der Waals surface area (Å²) in [5.41, 5.74) is 1.73. The summed E-state index contributed by atoms with van der Waals surface area (Å²) in [6, 6.07) is 4.55. The van der Waals surface area contributed by atoms with Crippen molar-refractivity contribution in [3.8, 4) is 0 Å². The molecule has 25 heavy (non-hydrogen) atoms. The first-order valence-corrected chi connectivity index (χ1v) is 9.75. The zero-order valence-electron chi connectivity index (χ0n) is 14.0. The molecule has 134 valence electrons. The highest BCUT2D eigenvalue weighted by Gasteiger charge is 2.17. The van der Waals surface area contributed by atoms with E-state index in [0.717, 1.165) is 42.9 Å². The van der Waals surface area contributed by atoms with Gasteiger partial charge in [0.15, 0.2) is 5.82 Å². The molecule has 0 saturated heterocycles. The second-order valence-corrected chi connectivity index (χ2v) is 7.75. The van der Waals surface area contributed by atoms with E-state index in [1.165, 1.54) is 0 Å². The maximum absolute atomic E-state index is 12.1. The van der Waals surface area contributed by atoms with Crippen LogP contribution in [0.3, 0.4) is 0 Å². The minimum atomic E-state index is -3.38. The summed E-state index contributed by atoms with van der Waals surface area (Å²) in [6.07, 6.45) is 3.03. The van der Waals surface area contributed by atoms with Gasteiger partial charge in [-0.15, -0.1) is 10.2 Å². The van der Waals surface area contributed by atoms with E-state index in [0.29, 0.717) is 11.4 Å². The number of anilines is 2. The second-order valence-electron chi connectivity index (χ2n) is 6.00. The number of carbonyl (C=O) groups excluding carboxylic acids is 1. The molecule has 0 unspecified atom stereocenters. The average molecular weight is 364 g/mol. The number of nitrogens with zero attached hydrogens (tertiary/aromatic N) is 3. The fourth-order valence-corrected chi connectivity index (χ4v) is 3.26. The van der Waals surface area contributed by atoms with Crippen molar-refractivity contribution < 1.29 is 13.2 Å². The number of benzene rings is 1. The number of aromatic nitrogens is 3. The van der Waals surface area contributed by atoms with Gasteiger partial charge < -0.3 is 15.2 Å². The normalized spacial score (nSPS) is 13.4. The summed E-state index contributed by atoms with van der Waals surface area (Å²) in [7, 11) is -3.38. The van der Waals surface area contributed by atoms with E-state index in [-0.39, 0.29) is 6.54 Å². The molecule has 0 saturated carbocycles. The molecule has 0 atom stereocenters. The minimum Gasteiger partial charge on any atom is -0.331 e. The molecule has 1 aromatic carbocycles. The first-order chi connectivity index (χ1) is 11.8. The van der Waals surface area contributed by atoms with Gasteiger partial charge in [-0.3, -0.25) is 4.72 Å². The molecule has 0 radical (unpaired) electrons. The van der Waals surface area contributed by atoms with Crippen molar-refractivity contribution in [2.75, 3.05) is 16.3 Å². The van der Waals surface area contributed by atoms with E-state index in [9.17, 15) is 13.2 Å². The maximum atomic E-state index is 12.1. The van der Waals surface area contributed by atoms with Crippen LogP contribution in [0.1, 0.15) is 23.6 Å². The van der Waals surface area contributed by atoms with Crippen LogP contribution in [0.15, 0.2) is 18.2 Å². The van der Waals surface area contributed by atoms with Crippen LogP contribution in [-0.4, -0.2) is 35.5 Å². The Balaban J connectivity index is 1.63. The molecule has 1 aromatic heterocycles. The molecule has 2 amide bonds. The number of rotatable bonds is 5. The fourth-order valence-electron chi connectivity index (χ4n) is 2.70. The summed E-state index contributed by atoms with van der Waals surface area (Å²) in [5, 5.41) is 13.6. The first-order valence-electron chi connectivity index (χ1n) is 7.86. The number of fused-ring (bicyclic) bond motifs is 1. The van der Waals surface area contributed by atoms with E-state index in [1.807, 2.05) is 11.5 Å². The average Bonchev–Trinajstić information content (AvgIpc) is 3.11. The van der Waals surface area contributed by atoms with Crippen molar-refractivity contribution in [2.24, 2.45) is 0 Å². The van der Waals surface area contributed by atoms with E-state index in [1.54, 1.807) is 18.2 Å². The standard InChI is InChI=1S/C15H20N6O3S/c1-10-5-6-11(20-25(2,23)24)8-12(10)17-15(22)16-9-14-19-18-13-4-3-7-21(13)14/h5-6,8,20H,3-4,7,9H2,1-2H3,(H2,16,17,22). The van der Waals surface area contributed by atoms with Gasteiger partial charge >= 0.3 is 6.03 Å². The van der Waals surface area contributed by atoms with Crippen LogP contribution in [0, 0.1) is 6.92 Å². The summed E-state index contributed by atoms with van der Waals surface area (Å²) in [4.78, 5) is 12.1. The number of hydrogen-bond acceptors (Lipinski definition) is 5. The van der Waals surface area contributed by atoms with Crippen molar-refractivity contribution in [3.63, 3.8) is 0 Å². The van der Waals surface area contributed by atoms with Gasteiger partial charge in [0, 0.05) is 18.7 Å². The fraction of sp³-hybridized carbons (Fsp3) is 0.400. The SMILES string of the molecule is Cc1ccc(NS(C)(=O)=O)cc1NC(=O)NCc1nnc2n1CCC2. The smallest absolute Gasteiger partial charge is 0.319 e. The summed E-state index contributed by atoms with van der Waals surface area (Å²) < 4.78 is 27.0. The highest BCUT2D eigenvalue weighted by atomic mass is 32.2. The van der Waals surface area contributed by atoms with Crippen molar-refractivity contribution in [1.82, 2.24) is 20.1 Å². The van der Waals surface area contributed by atoms with Crippen LogP contribution in [0.2, 0.25) is 0 Å². The molecule has 9 nitrogen and oxygen atoms in total. The van der Waals surface area contributed by atoms with E-state index in [4.69, 9.17) is 0 Å². The maximum Gasteiger partial charge on any atom is 0.319 e. The van der Waals surface area contributed by atoms with Crippen LogP contribution in [-0.2, 0) is 29.5 Å². The van der Waals surface area contributed by atoms with Crippen LogP contribution >= 0.6 is 0 Å². The number of hydrogen-bond donors (Lipinski definition) is 3. The lowest BCUT2D eigenvalue weighted by atomic mass is 10.2.